The van der Waals surface area contributed by atoms with Gasteiger partial charge in [-0.15, -0.1) is 0 Å². The molecule has 1 aliphatic heterocycles. The lowest BCUT2D eigenvalue weighted by atomic mass is 9.80. The van der Waals surface area contributed by atoms with E-state index in [4.69, 9.17) is 48.6 Å². The van der Waals surface area contributed by atoms with Gasteiger partial charge in [-0.05, 0) is 54.8 Å². The Labute approximate surface area is 307 Å². The van der Waals surface area contributed by atoms with Gasteiger partial charge in [-0.2, -0.15) is 0 Å². The molecule has 1 heterocycles. The zero-order valence-corrected chi connectivity index (χ0v) is 31.1. The van der Waals surface area contributed by atoms with Crippen molar-refractivity contribution in [2.24, 2.45) is 0 Å². The van der Waals surface area contributed by atoms with Crippen molar-refractivity contribution >= 4 is 20.4 Å². The van der Waals surface area contributed by atoms with E-state index in [0.29, 0.717) is 31.1 Å². The summed E-state index contributed by atoms with van der Waals surface area (Å²) in [5.41, 5.74) is 1.60. The highest BCUT2D eigenvalue weighted by atomic mass is 31.2. The Balaban J connectivity index is 1.52. The maximum absolute atomic E-state index is 12.3. The van der Waals surface area contributed by atoms with Crippen LogP contribution in [0.4, 0.5) is 0 Å². The van der Waals surface area contributed by atoms with Crippen LogP contribution >= 0.6 is 8.60 Å². The van der Waals surface area contributed by atoms with Gasteiger partial charge in [0.05, 0.1) is 47.1 Å². The van der Waals surface area contributed by atoms with Crippen molar-refractivity contribution in [2.45, 2.75) is 57.0 Å². The summed E-state index contributed by atoms with van der Waals surface area (Å²) >= 11 is 0. The second kappa shape index (κ2) is 21.6. The number of hydrogen-bond donors (Lipinski definition) is 0. The average Bonchev–Trinajstić information content (AvgIpc) is 3.62. The fraction of sp³-hybridized carbons (Fsp3) is 0.462. The predicted molar refractivity (Wildman–Crippen MR) is 194 cm³/mol. The van der Waals surface area contributed by atoms with Gasteiger partial charge < -0.3 is 51.6 Å². The lowest BCUT2D eigenvalue weighted by Gasteiger charge is -2.37. The van der Waals surface area contributed by atoms with Gasteiger partial charge in [0.25, 0.3) is 0 Å². The van der Waals surface area contributed by atoms with Gasteiger partial charge in [0, 0.05) is 19.4 Å². The van der Waals surface area contributed by atoms with Crippen LogP contribution in [0.2, 0.25) is 0 Å². The molecule has 0 amide bonds. The van der Waals surface area contributed by atoms with Crippen molar-refractivity contribution in [3.05, 3.63) is 107 Å². The predicted octanol–water partition coefficient (Wildman–Crippen LogP) is 6.68. The first-order valence-electron chi connectivity index (χ1n) is 17.3. The molecule has 3 aromatic rings. The minimum Gasteiger partial charge on any atom is -0.497 e. The number of hydrogen-bond acceptors (Lipinski definition) is 11. The highest BCUT2D eigenvalue weighted by molar-refractivity contribution is 7.41. The molecule has 13 heteroatoms. The second-order valence-corrected chi connectivity index (χ2v) is 13.1. The van der Waals surface area contributed by atoms with Crippen molar-refractivity contribution in [1.29, 1.82) is 0 Å². The summed E-state index contributed by atoms with van der Waals surface area (Å²) in [6, 6.07) is 25.5. The molecule has 0 spiro atoms. The molecule has 3 unspecified atom stereocenters. The van der Waals surface area contributed by atoms with E-state index in [2.05, 4.69) is 4.85 Å². The number of methoxy groups -OCH3 is 2. The SMILES string of the molecule is [C-]#[N+]CCOP(OCC(COC(c1ccccc1)(c1ccc(OC)cc1)c1ccc(OC)cc1)OCC)OC[C@H]1OCCC1OC(=O)CCC(C)=O. The van der Waals surface area contributed by atoms with E-state index in [9.17, 15) is 9.59 Å². The van der Waals surface area contributed by atoms with Crippen molar-refractivity contribution in [3.8, 4) is 11.5 Å². The molecular formula is C39H48NO11P. The van der Waals surface area contributed by atoms with Crippen LogP contribution in [0.25, 0.3) is 4.85 Å². The molecule has 12 nitrogen and oxygen atoms in total. The average molecular weight is 738 g/mol. The maximum Gasteiger partial charge on any atom is 0.333 e. The van der Waals surface area contributed by atoms with Gasteiger partial charge >= 0.3 is 14.6 Å². The third-order valence-corrected chi connectivity index (χ3v) is 9.40. The van der Waals surface area contributed by atoms with Gasteiger partial charge in [-0.3, -0.25) is 4.79 Å². The summed E-state index contributed by atoms with van der Waals surface area (Å²) in [4.78, 5) is 26.9. The highest BCUT2D eigenvalue weighted by Crippen LogP contribution is 2.43. The Hall–Kier alpha value is -3.92. The molecule has 1 aliphatic rings. The summed E-state index contributed by atoms with van der Waals surface area (Å²) in [6.07, 6.45) is -0.957. The molecule has 0 saturated carbocycles. The van der Waals surface area contributed by atoms with E-state index < -0.39 is 38.5 Å². The van der Waals surface area contributed by atoms with Crippen LogP contribution in [0, 0.1) is 6.57 Å². The van der Waals surface area contributed by atoms with E-state index in [0.717, 1.165) is 16.7 Å². The Morgan fingerprint density at radius 3 is 2.10 bits per heavy atom. The van der Waals surface area contributed by atoms with E-state index in [1.54, 1.807) is 14.2 Å². The van der Waals surface area contributed by atoms with Gasteiger partial charge in [-0.1, -0.05) is 54.6 Å². The molecule has 4 atom stereocenters. The number of carbonyl (C=O) groups is 2. The fourth-order valence-corrected chi connectivity index (χ4v) is 6.66. The number of Topliss-reactive ketones (excluding diaryl/α,β-unsaturated/α-hetero) is 1. The van der Waals surface area contributed by atoms with E-state index in [-0.39, 0.29) is 51.6 Å². The van der Waals surface area contributed by atoms with E-state index in [1.807, 2.05) is 85.8 Å². The zero-order chi connectivity index (χ0) is 37.2. The van der Waals surface area contributed by atoms with Crippen molar-refractivity contribution < 1.29 is 51.6 Å². The molecule has 1 saturated heterocycles. The molecule has 1 fully saturated rings. The second-order valence-electron chi connectivity index (χ2n) is 11.9. The van der Waals surface area contributed by atoms with Gasteiger partial charge in [0.2, 0.25) is 6.54 Å². The number of nitrogens with zero attached hydrogens (tertiary/aromatic N) is 1. The number of rotatable bonds is 23. The lowest BCUT2D eigenvalue weighted by molar-refractivity contribution is -0.153. The zero-order valence-electron chi connectivity index (χ0n) is 30.2. The van der Waals surface area contributed by atoms with E-state index in [1.165, 1.54) is 6.92 Å². The van der Waals surface area contributed by atoms with Crippen LogP contribution in [-0.2, 0) is 47.7 Å². The smallest absolute Gasteiger partial charge is 0.333 e. The van der Waals surface area contributed by atoms with Crippen LogP contribution in [0.15, 0.2) is 78.9 Å². The molecule has 0 aliphatic carbocycles. The quantitative estimate of drug-likeness (QED) is 0.0341. The summed E-state index contributed by atoms with van der Waals surface area (Å²) < 4.78 is 53.5. The first-order chi connectivity index (χ1) is 25.3. The topological polar surface area (TPSA) is 122 Å². The Morgan fingerprint density at radius 2 is 1.52 bits per heavy atom. The van der Waals surface area contributed by atoms with Gasteiger partial charge in [0.15, 0.2) is 0 Å². The Kier molecular flexibility index (Phi) is 16.9. The molecule has 280 valence electrons. The van der Waals surface area contributed by atoms with Crippen LogP contribution in [0.1, 0.15) is 49.8 Å². The number of esters is 1. The normalized spacial score (nSPS) is 16.8. The molecule has 4 rings (SSSR count). The minimum atomic E-state index is -1.94. The monoisotopic (exact) mass is 737 g/mol. The Morgan fingerprint density at radius 1 is 0.885 bits per heavy atom. The van der Waals surface area contributed by atoms with Crippen molar-refractivity contribution in [3.63, 3.8) is 0 Å². The largest absolute Gasteiger partial charge is 0.497 e. The number of ether oxygens (including phenoxy) is 6. The lowest BCUT2D eigenvalue weighted by Crippen LogP contribution is -2.37. The standard InChI is InChI=1S/C39H48NO11P/c1-6-45-35(27-49-52(48-25-23-40-3)50-28-37-36(22-24-46-37)51-38(42)21-12-29(2)41)26-47-39(30-10-8-7-9-11-30,31-13-17-33(43-4)18-14-31)32-15-19-34(44-5)20-16-32/h7-11,13-20,35-37H,6,12,21-28H2,1-2,4-5H3/t35?,36?,37-,52?/m1/s1. The van der Waals surface area contributed by atoms with Crippen LogP contribution in [0.3, 0.4) is 0 Å². The number of ketones is 1. The summed E-state index contributed by atoms with van der Waals surface area (Å²) in [5, 5.41) is 0. The molecule has 0 radical (unpaired) electrons. The molecule has 3 aromatic carbocycles. The molecular weight excluding hydrogens is 689 g/mol. The van der Waals surface area contributed by atoms with Crippen molar-refractivity contribution in [1.82, 2.24) is 0 Å². The first kappa shape index (κ1) is 40.8. The third-order valence-electron chi connectivity index (χ3n) is 8.28. The highest BCUT2D eigenvalue weighted by Gasteiger charge is 2.39. The van der Waals surface area contributed by atoms with Crippen LogP contribution in [0.5, 0.6) is 11.5 Å². The molecule has 52 heavy (non-hydrogen) atoms. The van der Waals surface area contributed by atoms with Crippen molar-refractivity contribution in [2.75, 3.05) is 60.4 Å². The van der Waals surface area contributed by atoms with Gasteiger partial charge in [0.1, 0.15) is 47.8 Å². The number of benzene rings is 3. The summed E-state index contributed by atoms with van der Waals surface area (Å²) in [6.45, 7) is 11.7. The number of carbonyl (C=O) groups excluding carboxylic acids is 2. The first-order valence-corrected chi connectivity index (χ1v) is 18.3. The fourth-order valence-electron chi connectivity index (χ4n) is 5.65. The maximum atomic E-state index is 12.3. The minimum absolute atomic E-state index is 0.0122. The Bertz CT molecular complexity index is 1500. The van der Waals surface area contributed by atoms with Crippen LogP contribution < -0.4 is 9.47 Å². The molecule has 0 aromatic heterocycles. The van der Waals surface area contributed by atoms with E-state index >= 15 is 0 Å². The summed E-state index contributed by atoms with van der Waals surface area (Å²) in [7, 11) is 1.32. The summed E-state index contributed by atoms with van der Waals surface area (Å²) in [5.74, 6) is 0.890. The molecule has 0 N–H and O–H groups in total. The van der Waals surface area contributed by atoms with Gasteiger partial charge in [-0.25, -0.2) is 6.57 Å². The van der Waals surface area contributed by atoms with Crippen LogP contribution in [-0.4, -0.2) is 90.5 Å². The third kappa shape index (κ3) is 11.8. The molecule has 0 bridgehead atoms.